The van der Waals surface area contributed by atoms with E-state index in [1.165, 1.54) is 4.68 Å². The van der Waals surface area contributed by atoms with E-state index in [1.807, 2.05) is 55.5 Å². The highest BCUT2D eigenvalue weighted by molar-refractivity contribution is 7.92. The maximum atomic E-state index is 13.2. The van der Waals surface area contributed by atoms with Crippen molar-refractivity contribution in [2.24, 2.45) is 0 Å². The topological polar surface area (TPSA) is 73.1 Å². The van der Waals surface area contributed by atoms with Gasteiger partial charge in [-0.15, -0.1) is 0 Å². The van der Waals surface area contributed by atoms with Gasteiger partial charge in [0.1, 0.15) is 5.82 Å². The van der Waals surface area contributed by atoms with Crippen molar-refractivity contribution in [2.45, 2.75) is 13.5 Å². The minimum absolute atomic E-state index is 0.269. The Labute approximate surface area is 146 Å². The summed E-state index contributed by atoms with van der Waals surface area (Å²) in [6.45, 7) is 2.29. The number of nitrogens with one attached hydrogen (secondary N) is 1. The molecule has 0 fully saturated rings. The molecule has 2 aromatic carbocycles. The van der Waals surface area contributed by atoms with Crippen LogP contribution >= 0.6 is 0 Å². The van der Waals surface area contributed by atoms with Gasteiger partial charge in [0.05, 0.1) is 17.5 Å². The Balaban J connectivity index is 2.37. The second-order valence-corrected chi connectivity index (χ2v) is 7.38. The number of para-hydroxylation sites is 1. The molecule has 0 unspecified atom stereocenters. The van der Waals surface area contributed by atoms with Crippen LogP contribution in [-0.2, 0) is 16.6 Å². The first kappa shape index (κ1) is 17.0. The lowest BCUT2D eigenvalue weighted by molar-refractivity contribution is 0.578. The molecule has 0 radical (unpaired) electrons. The molecule has 7 heteroatoms. The highest BCUT2D eigenvalue weighted by Gasteiger charge is 2.23. The molecule has 0 aliphatic heterocycles. The lowest BCUT2D eigenvalue weighted by Gasteiger charge is -2.13. The zero-order valence-electron chi connectivity index (χ0n) is 14.0. The first-order valence-corrected chi connectivity index (χ1v) is 9.76. The molecule has 0 spiro atoms. The second kappa shape index (κ2) is 6.60. The van der Waals surface area contributed by atoms with Gasteiger partial charge >= 0.3 is 0 Å². The lowest BCUT2D eigenvalue weighted by Crippen LogP contribution is -2.22. The van der Waals surface area contributed by atoms with E-state index in [1.54, 1.807) is 16.8 Å². The molecule has 25 heavy (non-hydrogen) atoms. The Morgan fingerprint density at radius 2 is 1.52 bits per heavy atom. The van der Waals surface area contributed by atoms with E-state index in [0.29, 0.717) is 23.4 Å². The van der Waals surface area contributed by atoms with Crippen LogP contribution in [-0.4, -0.2) is 24.0 Å². The Hall–Kier alpha value is -2.80. The van der Waals surface area contributed by atoms with E-state index in [-0.39, 0.29) is 11.4 Å². The van der Waals surface area contributed by atoms with Crippen molar-refractivity contribution in [1.29, 1.82) is 0 Å². The van der Waals surface area contributed by atoms with Crippen LogP contribution in [0.5, 0.6) is 0 Å². The third-order valence-electron chi connectivity index (χ3n) is 3.79. The smallest absolute Gasteiger partial charge is 0.267 e. The molecule has 0 saturated carbocycles. The van der Waals surface area contributed by atoms with Crippen molar-refractivity contribution in [1.82, 2.24) is 9.36 Å². The number of hydrogen-bond acceptors (Lipinski definition) is 3. The highest BCUT2D eigenvalue weighted by atomic mass is 32.2. The van der Waals surface area contributed by atoms with Gasteiger partial charge in [-0.25, -0.2) is 13.1 Å². The third kappa shape index (κ3) is 3.36. The summed E-state index contributed by atoms with van der Waals surface area (Å²) in [7, 11) is -3.55. The molecule has 0 aliphatic carbocycles. The van der Waals surface area contributed by atoms with Crippen LogP contribution in [0.15, 0.2) is 65.5 Å². The maximum Gasteiger partial charge on any atom is 0.281 e. The van der Waals surface area contributed by atoms with Crippen molar-refractivity contribution >= 4 is 15.8 Å². The zero-order chi connectivity index (χ0) is 18.0. The molecule has 0 aliphatic rings. The zero-order valence-corrected chi connectivity index (χ0v) is 14.8. The van der Waals surface area contributed by atoms with E-state index in [0.717, 1.165) is 6.26 Å². The number of nitrogens with zero attached hydrogens (tertiary/aromatic N) is 2. The summed E-state index contributed by atoms with van der Waals surface area (Å²) in [4.78, 5) is 13.2. The normalized spacial score (nSPS) is 11.4. The molecule has 0 amide bonds. The number of anilines is 1. The number of hydrogen-bond donors (Lipinski definition) is 1. The van der Waals surface area contributed by atoms with Crippen LogP contribution in [0.4, 0.5) is 5.82 Å². The Kier molecular flexibility index (Phi) is 4.50. The molecule has 0 bridgehead atoms. The minimum atomic E-state index is -3.55. The molecule has 1 aromatic heterocycles. The highest BCUT2D eigenvalue weighted by Crippen LogP contribution is 2.27. The molecule has 6 nitrogen and oxygen atoms in total. The molecule has 0 atom stereocenters. The fourth-order valence-electron chi connectivity index (χ4n) is 2.82. The first-order chi connectivity index (χ1) is 11.9. The number of sulfonamides is 1. The van der Waals surface area contributed by atoms with Gasteiger partial charge in [0.2, 0.25) is 10.0 Å². The fraction of sp³-hybridized carbons (Fsp3) is 0.167. The van der Waals surface area contributed by atoms with Gasteiger partial charge in [-0.3, -0.25) is 14.2 Å². The predicted molar refractivity (Wildman–Crippen MR) is 99.6 cm³/mol. The average molecular weight is 357 g/mol. The monoisotopic (exact) mass is 357 g/mol. The van der Waals surface area contributed by atoms with Gasteiger partial charge in [0.15, 0.2) is 0 Å². The van der Waals surface area contributed by atoms with Crippen molar-refractivity contribution in [3.63, 3.8) is 0 Å². The summed E-state index contributed by atoms with van der Waals surface area (Å²) in [5.41, 5.74) is 1.39. The molecule has 3 rings (SSSR count). The van der Waals surface area contributed by atoms with Crippen LogP contribution in [0.3, 0.4) is 0 Å². The lowest BCUT2D eigenvalue weighted by atomic mass is 10.1. The maximum absolute atomic E-state index is 13.2. The van der Waals surface area contributed by atoms with Crippen molar-refractivity contribution < 1.29 is 8.42 Å². The molecule has 3 aromatic rings. The SMILES string of the molecule is CCn1c(NS(C)(=O)=O)c(-c2ccccc2)c(=O)n1-c1ccccc1. The van der Waals surface area contributed by atoms with Crippen molar-refractivity contribution in [3.8, 4) is 16.8 Å². The van der Waals surface area contributed by atoms with Crippen molar-refractivity contribution in [2.75, 3.05) is 11.0 Å². The van der Waals surface area contributed by atoms with Crippen LogP contribution in [0, 0.1) is 0 Å². The fourth-order valence-corrected chi connectivity index (χ4v) is 3.37. The number of aromatic nitrogens is 2. The van der Waals surface area contributed by atoms with Crippen LogP contribution in [0.2, 0.25) is 0 Å². The number of rotatable bonds is 5. The van der Waals surface area contributed by atoms with Crippen LogP contribution in [0.25, 0.3) is 16.8 Å². The van der Waals surface area contributed by atoms with Crippen LogP contribution < -0.4 is 10.3 Å². The summed E-state index contributed by atoms with van der Waals surface area (Å²) in [5, 5.41) is 0. The van der Waals surface area contributed by atoms with E-state index >= 15 is 0 Å². The minimum Gasteiger partial charge on any atom is -0.267 e. The van der Waals surface area contributed by atoms with E-state index in [9.17, 15) is 13.2 Å². The molecule has 1 heterocycles. The van der Waals surface area contributed by atoms with Gasteiger partial charge in [0, 0.05) is 6.54 Å². The van der Waals surface area contributed by atoms with Crippen LogP contribution in [0.1, 0.15) is 6.92 Å². The molecule has 0 saturated heterocycles. The van der Waals surface area contributed by atoms with Gasteiger partial charge < -0.3 is 0 Å². The first-order valence-electron chi connectivity index (χ1n) is 7.87. The quantitative estimate of drug-likeness (QED) is 0.763. The Bertz CT molecular complexity index is 1040. The van der Waals surface area contributed by atoms with E-state index in [2.05, 4.69) is 4.72 Å². The Morgan fingerprint density at radius 1 is 0.960 bits per heavy atom. The molecular formula is C18H19N3O3S. The van der Waals surface area contributed by atoms with Gasteiger partial charge in [0.25, 0.3) is 5.56 Å². The molecule has 130 valence electrons. The molecular weight excluding hydrogens is 338 g/mol. The van der Waals surface area contributed by atoms with E-state index < -0.39 is 10.0 Å². The standard InChI is InChI=1S/C18H19N3O3S/c1-3-20-17(19-25(2,23)24)16(14-10-6-4-7-11-14)18(22)21(20)15-12-8-5-9-13-15/h4-13,19H,3H2,1-2H3. The summed E-state index contributed by atoms with van der Waals surface area (Å²) in [6, 6.07) is 18.2. The second-order valence-electron chi connectivity index (χ2n) is 5.63. The van der Waals surface area contributed by atoms with Gasteiger partial charge in [-0.05, 0) is 24.6 Å². The van der Waals surface area contributed by atoms with Gasteiger partial charge in [-0.2, -0.15) is 0 Å². The Morgan fingerprint density at radius 3 is 2.04 bits per heavy atom. The average Bonchev–Trinajstić information content (AvgIpc) is 2.86. The van der Waals surface area contributed by atoms with Crippen molar-refractivity contribution in [3.05, 3.63) is 71.0 Å². The third-order valence-corrected chi connectivity index (χ3v) is 4.35. The largest absolute Gasteiger partial charge is 0.281 e. The number of benzene rings is 2. The predicted octanol–water partition coefficient (Wildman–Crippen LogP) is 2.70. The summed E-state index contributed by atoms with van der Waals surface area (Å²) >= 11 is 0. The summed E-state index contributed by atoms with van der Waals surface area (Å²) in [5.74, 6) is 0.269. The summed E-state index contributed by atoms with van der Waals surface area (Å²) in [6.07, 6.45) is 1.08. The van der Waals surface area contributed by atoms with E-state index in [4.69, 9.17) is 0 Å². The van der Waals surface area contributed by atoms with Gasteiger partial charge in [-0.1, -0.05) is 48.5 Å². The summed E-state index contributed by atoms with van der Waals surface area (Å²) < 4.78 is 29.4. The molecule has 1 N–H and O–H groups in total.